The minimum atomic E-state index is -0.450. The van der Waals surface area contributed by atoms with Crippen LogP contribution in [0.2, 0.25) is 5.02 Å². The molecule has 5 heteroatoms. The van der Waals surface area contributed by atoms with E-state index < -0.39 is 5.91 Å². The number of aromatic nitrogens is 1. The maximum Gasteiger partial charge on any atom is 0.263 e. The average Bonchev–Trinajstić information content (AvgIpc) is 2.60. The molecule has 1 N–H and O–H groups in total. The maximum atomic E-state index is 12.7. The minimum Gasteiger partial charge on any atom is -0.322 e. The van der Waals surface area contributed by atoms with Crippen LogP contribution >= 0.6 is 11.6 Å². The van der Waals surface area contributed by atoms with Gasteiger partial charge in [0.05, 0.1) is 6.54 Å². The first kappa shape index (κ1) is 18.0. The number of pyridine rings is 1. The van der Waals surface area contributed by atoms with Gasteiger partial charge in [0.25, 0.3) is 11.5 Å². The van der Waals surface area contributed by atoms with E-state index in [4.69, 9.17) is 11.6 Å². The van der Waals surface area contributed by atoms with E-state index in [1.807, 2.05) is 44.2 Å². The molecule has 0 bridgehead atoms. The number of benzene rings is 2. The summed E-state index contributed by atoms with van der Waals surface area (Å²) in [7, 11) is 0. The SMILES string of the molecule is Cc1cccc(Cn2cccc(C(=O)Nc3ccc(C)c(Cl)c3)c2=O)c1. The number of rotatable bonds is 4. The number of hydrogen-bond donors (Lipinski definition) is 1. The molecule has 132 valence electrons. The monoisotopic (exact) mass is 366 g/mol. The van der Waals surface area contributed by atoms with E-state index in [0.717, 1.165) is 16.7 Å². The number of anilines is 1. The van der Waals surface area contributed by atoms with Gasteiger partial charge < -0.3 is 9.88 Å². The molecule has 0 spiro atoms. The molecule has 0 unspecified atom stereocenters. The summed E-state index contributed by atoms with van der Waals surface area (Å²) in [5.74, 6) is -0.450. The fourth-order valence-corrected chi connectivity index (χ4v) is 2.89. The molecule has 2 aromatic carbocycles. The number of amides is 1. The van der Waals surface area contributed by atoms with Crippen LogP contribution in [0.1, 0.15) is 27.0 Å². The van der Waals surface area contributed by atoms with Crippen LogP contribution in [-0.2, 0) is 6.54 Å². The fourth-order valence-electron chi connectivity index (χ4n) is 2.71. The van der Waals surface area contributed by atoms with E-state index in [-0.39, 0.29) is 11.1 Å². The number of carbonyl (C=O) groups is 1. The van der Waals surface area contributed by atoms with Crippen LogP contribution < -0.4 is 10.9 Å². The molecule has 1 amide bonds. The normalized spacial score (nSPS) is 10.6. The molecule has 0 atom stereocenters. The van der Waals surface area contributed by atoms with E-state index in [1.165, 1.54) is 10.6 Å². The fraction of sp³-hybridized carbons (Fsp3) is 0.143. The van der Waals surface area contributed by atoms with Gasteiger partial charge in [-0.2, -0.15) is 0 Å². The smallest absolute Gasteiger partial charge is 0.263 e. The van der Waals surface area contributed by atoms with Crippen molar-refractivity contribution < 1.29 is 4.79 Å². The Kier molecular flexibility index (Phi) is 5.24. The summed E-state index contributed by atoms with van der Waals surface area (Å²) in [6.45, 7) is 4.30. The van der Waals surface area contributed by atoms with Crippen LogP contribution in [0.5, 0.6) is 0 Å². The lowest BCUT2D eigenvalue weighted by atomic mass is 10.1. The highest BCUT2D eigenvalue weighted by Crippen LogP contribution is 2.20. The first-order chi connectivity index (χ1) is 12.4. The second-order valence-corrected chi connectivity index (χ2v) is 6.67. The molecule has 0 fully saturated rings. The Labute approximate surface area is 157 Å². The van der Waals surface area contributed by atoms with E-state index in [0.29, 0.717) is 17.3 Å². The summed E-state index contributed by atoms with van der Waals surface area (Å²) in [4.78, 5) is 25.2. The first-order valence-corrected chi connectivity index (χ1v) is 8.64. The Morgan fingerprint density at radius 2 is 1.88 bits per heavy atom. The zero-order valence-electron chi connectivity index (χ0n) is 14.6. The van der Waals surface area contributed by atoms with Crippen molar-refractivity contribution in [2.45, 2.75) is 20.4 Å². The topological polar surface area (TPSA) is 51.1 Å². The third-order valence-electron chi connectivity index (χ3n) is 4.13. The van der Waals surface area contributed by atoms with Gasteiger partial charge in [-0.25, -0.2) is 0 Å². The van der Waals surface area contributed by atoms with Crippen LogP contribution in [0.3, 0.4) is 0 Å². The van der Waals surface area contributed by atoms with Crippen molar-refractivity contribution in [3.8, 4) is 0 Å². The number of nitrogens with one attached hydrogen (secondary N) is 1. The van der Waals surface area contributed by atoms with Crippen molar-refractivity contribution in [1.29, 1.82) is 0 Å². The third-order valence-corrected chi connectivity index (χ3v) is 4.54. The van der Waals surface area contributed by atoms with Gasteiger partial charge in [0.15, 0.2) is 0 Å². The van der Waals surface area contributed by atoms with Gasteiger partial charge in [-0.15, -0.1) is 0 Å². The first-order valence-electron chi connectivity index (χ1n) is 8.26. The van der Waals surface area contributed by atoms with Gasteiger partial charge in [-0.1, -0.05) is 47.5 Å². The van der Waals surface area contributed by atoms with E-state index in [9.17, 15) is 9.59 Å². The van der Waals surface area contributed by atoms with Crippen molar-refractivity contribution in [3.05, 3.63) is 98.4 Å². The second-order valence-electron chi connectivity index (χ2n) is 6.26. The van der Waals surface area contributed by atoms with Crippen molar-refractivity contribution in [2.75, 3.05) is 5.32 Å². The van der Waals surface area contributed by atoms with Crippen LogP contribution in [0, 0.1) is 13.8 Å². The summed E-state index contributed by atoms with van der Waals surface area (Å²) in [5.41, 5.74) is 3.38. The summed E-state index contributed by atoms with van der Waals surface area (Å²) >= 11 is 6.09. The Hall–Kier alpha value is -2.85. The Bertz CT molecular complexity index is 1020. The van der Waals surface area contributed by atoms with Crippen molar-refractivity contribution in [3.63, 3.8) is 0 Å². The molecule has 0 saturated heterocycles. The number of carbonyl (C=O) groups excluding carboxylic acids is 1. The standard InChI is InChI=1S/C21H19ClN2O2/c1-14-5-3-6-16(11-14)13-24-10-4-7-18(21(24)26)20(25)23-17-9-8-15(2)19(22)12-17/h3-12H,13H2,1-2H3,(H,23,25). The van der Waals surface area contributed by atoms with Crippen LogP contribution in [0.4, 0.5) is 5.69 Å². The molecular formula is C21H19ClN2O2. The second kappa shape index (κ2) is 7.58. The highest BCUT2D eigenvalue weighted by Gasteiger charge is 2.13. The van der Waals surface area contributed by atoms with Crippen molar-refractivity contribution in [1.82, 2.24) is 4.57 Å². The predicted molar refractivity (Wildman–Crippen MR) is 105 cm³/mol. The summed E-state index contributed by atoms with van der Waals surface area (Å²) in [6.07, 6.45) is 1.68. The molecule has 26 heavy (non-hydrogen) atoms. The van der Waals surface area contributed by atoms with Gasteiger partial charge in [-0.3, -0.25) is 9.59 Å². The van der Waals surface area contributed by atoms with Crippen LogP contribution in [0.15, 0.2) is 65.6 Å². The quantitative estimate of drug-likeness (QED) is 0.743. The molecule has 0 radical (unpaired) electrons. The molecular weight excluding hydrogens is 348 g/mol. The summed E-state index contributed by atoms with van der Waals surface area (Å²) in [6, 6.07) is 16.4. The number of nitrogens with zero attached hydrogens (tertiary/aromatic N) is 1. The van der Waals surface area contributed by atoms with E-state index in [1.54, 1.807) is 24.4 Å². The number of halogens is 1. The molecule has 3 rings (SSSR count). The molecule has 4 nitrogen and oxygen atoms in total. The highest BCUT2D eigenvalue weighted by atomic mass is 35.5. The summed E-state index contributed by atoms with van der Waals surface area (Å²) in [5, 5.41) is 3.29. The van der Waals surface area contributed by atoms with E-state index >= 15 is 0 Å². The molecule has 1 heterocycles. The van der Waals surface area contributed by atoms with E-state index in [2.05, 4.69) is 5.32 Å². The molecule has 0 aliphatic carbocycles. The molecule has 3 aromatic rings. The van der Waals surface area contributed by atoms with Gasteiger partial charge in [-0.05, 0) is 49.2 Å². The van der Waals surface area contributed by atoms with Crippen molar-refractivity contribution >= 4 is 23.2 Å². The van der Waals surface area contributed by atoms with Gasteiger partial charge in [0.1, 0.15) is 5.56 Å². The molecule has 0 saturated carbocycles. The van der Waals surface area contributed by atoms with Crippen LogP contribution in [-0.4, -0.2) is 10.5 Å². The van der Waals surface area contributed by atoms with Crippen LogP contribution in [0.25, 0.3) is 0 Å². The third kappa shape index (κ3) is 4.03. The molecule has 0 aliphatic heterocycles. The largest absolute Gasteiger partial charge is 0.322 e. The average molecular weight is 367 g/mol. The Morgan fingerprint density at radius 3 is 2.62 bits per heavy atom. The number of hydrogen-bond acceptors (Lipinski definition) is 2. The maximum absolute atomic E-state index is 12.7. The highest BCUT2D eigenvalue weighted by molar-refractivity contribution is 6.31. The molecule has 1 aromatic heterocycles. The lowest BCUT2D eigenvalue weighted by Gasteiger charge is -2.10. The Morgan fingerprint density at radius 1 is 1.08 bits per heavy atom. The van der Waals surface area contributed by atoms with Gasteiger partial charge >= 0.3 is 0 Å². The number of aryl methyl sites for hydroxylation is 2. The van der Waals surface area contributed by atoms with Gasteiger partial charge in [0.2, 0.25) is 0 Å². The Balaban J connectivity index is 1.85. The summed E-state index contributed by atoms with van der Waals surface area (Å²) < 4.78 is 1.53. The van der Waals surface area contributed by atoms with Crippen molar-refractivity contribution in [2.24, 2.45) is 0 Å². The minimum absolute atomic E-state index is 0.0943. The molecule has 0 aliphatic rings. The zero-order chi connectivity index (χ0) is 18.7. The lowest BCUT2D eigenvalue weighted by molar-refractivity contribution is 0.102. The predicted octanol–water partition coefficient (Wildman–Crippen LogP) is 4.42. The lowest BCUT2D eigenvalue weighted by Crippen LogP contribution is -2.29. The van der Waals surface area contributed by atoms with Gasteiger partial charge in [0, 0.05) is 16.9 Å². The zero-order valence-corrected chi connectivity index (χ0v) is 15.4.